The van der Waals surface area contributed by atoms with E-state index >= 15 is 0 Å². The normalized spacial score (nSPS) is 12.0. The fourth-order valence-corrected chi connectivity index (χ4v) is 3.17. The number of alkyl halides is 3. The first-order valence-electron chi connectivity index (χ1n) is 7.88. The lowest BCUT2D eigenvalue weighted by Crippen LogP contribution is -2.56. The van der Waals surface area contributed by atoms with Gasteiger partial charge in [0.05, 0.1) is 5.56 Å². The standard InChI is InChI=1S/C18H15BrCl3N3O2S/c1-10(26)11-6-8-12(9-7-11)23-17(28)25-16(18(20,21)22)24-15(27)13-4-2-3-5-14(13)19/h2-9,16H,1H3,(H,24,27)(H2,23,25,28)/t16-/m0/s1. The molecule has 2 rings (SSSR count). The van der Waals surface area contributed by atoms with Crippen molar-refractivity contribution in [1.29, 1.82) is 0 Å². The Morgan fingerprint density at radius 3 is 2.18 bits per heavy atom. The molecule has 2 aromatic carbocycles. The lowest BCUT2D eigenvalue weighted by Gasteiger charge is -2.28. The Bertz CT molecular complexity index is 888. The number of carbonyl (C=O) groups excluding carboxylic acids is 2. The molecule has 148 valence electrons. The van der Waals surface area contributed by atoms with E-state index in [1.165, 1.54) is 6.92 Å². The molecule has 3 N–H and O–H groups in total. The molecule has 0 fully saturated rings. The summed E-state index contributed by atoms with van der Waals surface area (Å²) in [6.45, 7) is 1.48. The van der Waals surface area contributed by atoms with Crippen molar-refractivity contribution in [3.8, 4) is 0 Å². The van der Waals surface area contributed by atoms with Gasteiger partial charge in [0.2, 0.25) is 3.79 Å². The van der Waals surface area contributed by atoms with Gasteiger partial charge in [-0.3, -0.25) is 9.59 Å². The summed E-state index contributed by atoms with van der Waals surface area (Å²) in [7, 11) is 0. The molecule has 2 aromatic rings. The maximum Gasteiger partial charge on any atom is 0.254 e. The van der Waals surface area contributed by atoms with Gasteiger partial charge in [-0.1, -0.05) is 46.9 Å². The first-order valence-corrected chi connectivity index (χ1v) is 10.2. The molecule has 0 aliphatic carbocycles. The SMILES string of the molecule is CC(=O)c1ccc(NC(=S)N[C@H](NC(=O)c2ccccc2Br)C(Cl)(Cl)Cl)cc1. The molecular weight excluding hydrogens is 509 g/mol. The van der Waals surface area contributed by atoms with Crippen LogP contribution in [0.25, 0.3) is 0 Å². The van der Waals surface area contributed by atoms with E-state index in [1.54, 1.807) is 48.5 Å². The summed E-state index contributed by atoms with van der Waals surface area (Å²) >= 11 is 26.5. The molecule has 0 unspecified atom stereocenters. The molecule has 5 nitrogen and oxygen atoms in total. The quantitative estimate of drug-likeness (QED) is 0.221. The van der Waals surface area contributed by atoms with Crippen LogP contribution in [0.4, 0.5) is 5.69 Å². The number of hydrogen-bond acceptors (Lipinski definition) is 3. The van der Waals surface area contributed by atoms with Crippen LogP contribution < -0.4 is 16.0 Å². The average molecular weight is 524 g/mol. The summed E-state index contributed by atoms with van der Waals surface area (Å²) in [5.41, 5.74) is 1.58. The minimum atomic E-state index is -1.87. The maximum absolute atomic E-state index is 12.5. The summed E-state index contributed by atoms with van der Waals surface area (Å²) in [5, 5.41) is 8.41. The summed E-state index contributed by atoms with van der Waals surface area (Å²) in [5.74, 6) is -0.497. The van der Waals surface area contributed by atoms with Gasteiger partial charge in [0.25, 0.3) is 5.91 Å². The van der Waals surface area contributed by atoms with Crippen LogP contribution in [0.3, 0.4) is 0 Å². The number of ketones is 1. The zero-order chi connectivity index (χ0) is 20.9. The molecule has 10 heteroatoms. The number of hydrogen-bond donors (Lipinski definition) is 3. The Morgan fingerprint density at radius 1 is 1.04 bits per heavy atom. The van der Waals surface area contributed by atoms with Crippen LogP contribution in [0.1, 0.15) is 27.6 Å². The van der Waals surface area contributed by atoms with Crippen LogP contribution in [0, 0.1) is 0 Å². The van der Waals surface area contributed by atoms with Crippen molar-refractivity contribution < 1.29 is 9.59 Å². The number of thiocarbonyl (C=S) groups is 1. The molecule has 1 atom stereocenters. The highest BCUT2D eigenvalue weighted by Crippen LogP contribution is 2.29. The Balaban J connectivity index is 2.07. The molecule has 1 amide bonds. The van der Waals surface area contributed by atoms with Crippen molar-refractivity contribution in [2.24, 2.45) is 0 Å². The third kappa shape index (κ3) is 6.60. The number of rotatable bonds is 5. The second-order valence-electron chi connectivity index (χ2n) is 5.66. The van der Waals surface area contributed by atoms with Crippen LogP contribution >= 0.6 is 63.0 Å². The first-order chi connectivity index (χ1) is 13.1. The number of Topliss-reactive ketones (excluding diaryl/α,β-unsaturated/α-hetero) is 1. The molecule has 0 spiro atoms. The van der Waals surface area contributed by atoms with Crippen LogP contribution in [0.2, 0.25) is 0 Å². The second-order valence-corrected chi connectivity index (χ2v) is 9.29. The molecule has 0 saturated carbocycles. The zero-order valence-corrected chi connectivity index (χ0v) is 19.1. The van der Waals surface area contributed by atoms with Crippen LogP contribution in [0.15, 0.2) is 53.0 Å². The Labute approximate surface area is 191 Å². The van der Waals surface area contributed by atoms with Gasteiger partial charge in [0.15, 0.2) is 10.9 Å². The van der Waals surface area contributed by atoms with Gasteiger partial charge in [-0.05, 0) is 71.5 Å². The van der Waals surface area contributed by atoms with Crippen molar-refractivity contribution >= 4 is 85.4 Å². The fourth-order valence-electron chi connectivity index (χ4n) is 2.14. The number of halogens is 4. The monoisotopic (exact) mass is 521 g/mol. The van der Waals surface area contributed by atoms with Crippen molar-refractivity contribution in [2.75, 3.05) is 5.32 Å². The highest BCUT2D eigenvalue weighted by atomic mass is 79.9. The maximum atomic E-state index is 12.5. The molecule has 0 aromatic heterocycles. The van der Waals surface area contributed by atoms with Gasteiger partial charge in [-0.15, -0.1) is 0 Å². The average Bonchev–Trinajstić information content (AvgIpc) is 2.61. The van der Waals surface area contributed by atoms with E-state index < -0.39 is 15.9 Å². The zero-order valence-electron chi connectivity index (χ0n) is 14.4. The molecular formula is C18H15BrCl3N3O2S. The van der Waals surface area contributed by atoms with E-state index in [9.17, 15) is 9.59 Å². The van der Waals surface area contributed by atoms with Crippen molar-refractivity contribution in [1.82, 2.24) is 10.6 Å². The lowest BCUT2D eigenvalue weighted by molar-refractivity contribution is 0.0933. The Kier molecular flexibility index (Phi) is 8.09. The molecule has 0 radical (unpaired) electrons. The van der Waals surface area contributed by atoms with E-state index in [4.69, 9.17) is 47.0 Å². The lowest BCUT2D eigenvalue weighted by atomic mass is 10.1. The van der Waals surface area contributed by atoms with Crippen LogP contribution in [-0.4, -0.2) is 26.8 Å². The smallest absolute Gasteiger partial charge is 0.254 e. The third-order valence-electron chi connectivity index (χ3n) is 3.55. The highest BCUT2D eigenvalue weighted by molar-refractivity contribution is 9.10. The number of amides is 1. The number of carbonyl (C=O) groups is 2. The molecule has 0 heterocycles. The fraction of sp³-hybridized carbons (Fsp3) is 0.167. The highest BCUT2D eigenvalue weighted by Gasteiger charge is 2.35. The summed E-state index contributed by atoms with van der Waals surface area (Å²) < 4.78 is -1.27. The summed E-state index contributed by atoms with van der Waals surface area (Å²) in [4.78, 5) is 23.8. The van der Waals surface area contributed by atoms with E-state index in [1.807, 2.05) is 0 Å². The predicted octanol–water partition coefficient (Wildman–Crippen LogP) is 5.06. The van der Waals surface area contributed by atoms with E-state index in [0.29, 0.717) is 21.3 Å². The number of anilines is 1. The molecule has 0 aliphatic heterocycles. The van der Waals surface area contributed by atoms with Crippen molar-refractivity contribution in [3.63, 3.8) is 0 Å². The molecule has 28 heavy (non-hydrogen) atoms. The van der Waals surface area contributed by atoms with Gasteiger partial charge < -0.3 is 16.0 Å². The topological polar surface area (TPSA) is 70.2 Å². The van der Waals surface area contributed by atoms with Gasteiger partial charge in [-0.25, -0.2) is 0 Å². The largest absolute Gasteiger partial charge is 0.339 e. The van der Waals surface area contributed by atoms with E-state index in [-0.39, 0.29) is 10.9 Å². The Hall–Kier alpha value is -1.38. The minimum Gasteiger partial charge on any atom is -0.339 e. The second kappa shape index (κ2) is 9.89. The van der Waals surface area contributed by atoms with E-state index in [2.05, 4.69) is 31.9 Å². The number of nitrogens with one attached hydrogen (secondary N) is 3. The Morgan fingerprint density at radius 2 is 1.64 bits per heavy atom. The molecule has 0 aliphatic rings. The van der Waals surface area contributed by atoms with E-state index in [0.717, 1.165) is 0 Å². The summed E-state index contributed by atoms with van der Waals surface area (Å²) in [6.07, 6.45) is -1.10. The number of benzene rings is 2. The minimum absolute atomic E-state index is 0.0432. The predicted molar refractivity (Wildman–Crippen MR) is 121 cm³/mol. The van der Waals surface area contributed by atoms with Gasteiger partial charge >= 0.3 is 0 Å². The first kappa shape index (κ1) is 22.9. The van der Waals surface area contributed by atoms with Crippen LogP contribution in [0.5, 0.6) is 0 Å². The van der Waals surface area contributed by atoms with Gasteiger partial charge in [0, 0.05) is 15.7 Å². The van der Waals surface area contributed by atoms with Crippen molar-refractivity contribution in [2.45, 2.75) is 16.9 Å². The van der Waals surface area contributed by atoms with Crippen molar-refractivity contribution in [3.05, 3.63) is 64.1 Å². The van der Waals surface area contributed by atoms with Crippen LogP contribution in [-0.2, 0) is 0 Å². The molecule has 0 bridgehead atoms. The molecule has 0 saturated heterocycles. The summed E-state index contributed by atoms with van der Waals surface area (Å²) in [6, 6.07) is 13.5. The van der Waals surface area contributed by atoms with Gasteiger partial charge in [0.1, 0.15) is 6.17 Å². The third-order valence-corrected chi connectivity index (χ3v) is 5.11. The van der Waals surface area contributed by atoms with Gasteiger partial charge in [-0.2, -0.15) is 0 Å².